The highest BCUT2D eigenvalue weighted by Gasteiger charge is 2.33. The monoisotopic (exact) mass is 477 g/mol. The number of hydrogen-bond donors (Lipinski definition) is 1. The quantitative estimate of drug-likeness (QED) is 0.278. The van der Waals surface area contributed by atoms with E-state index in [0.29, 0.717) is 0 Å². The van der Waals surface area contributed by atoms with Crippen LogP contribution >= 0.6 is 0 Å². The van der Waals surface area contributed by atoms with E-state index >= 15 is 0 Å². The molecule has 3 aromatic heterocycles. The summed E-state index contributed by atoms with van der Waals surface area (Å²) in [5, 5.41) is 13.2. The molecule has 0 saturated heterocycles. The van der Waals surface area contributed by atoms with E-state index < -0.39 is 5.60 Å². The Bertz CT molecular complexity index is 1840. The summed E-state index contributed by atoms with van der Waals surface area (Å²) in [4.78, 5) is 10.0. The van der Waals surface area contributed by atoms with Gasteiger partial charge in [0.2, 0.25) is 0 Å². The SMILES string of the molecule is OC(c1ccccc1)(c1ccccc1)c1ccc(-c2nc3ccccc3c3nc4ccccn4c23)cc1. The molecule has 7 aromatic rings. The molecule has 0 aliphatic carbocycles. The molecule has 0 unspecified atom stereocenters. The molecule has 1 N–H and O–H groups in total. The van der Waals surface area contributed by atoms with Crippen LogP contribution in [0.3, 0.4) is 0 Å². The summed E-state index contributed by atoms with van der Waals surface area (Å²) in [5.74, 6) is 0. The van der Waals surface area contributed by atoms with E-state index in [-0.39, 0.29) is 0 Å². The molecule has 0 spiro atoms. The Morgan fingerprint density at radius 2 is 1.16 bits per heavy atom. The first-order valence-electron chi connectivity index (χ1n) is 12.3. The van der Waals surface area contributed by atoms with Crippen LogP contribution in [0.5, 0.6) is 0 Å². The van der Waals surface area contributed by atoms with Crippen molar-refractivity contribution in [1.29, 1.82) is 0 Å². The summed E-state index contributed by atoms with van der Waals surface area (Å²) in [7, 11) is 0. The molecule has 4 nitrogen and oxygen atoms in total. The minimum Gasteiger partial charge on any atom is -0.376 e. The fourth-order valence-corrected chi connectivity index (χ4v) is 5.28. The lowest BCUT2D eigenvalue weighted by atomic mass is 9.80. The first kappa shape index (κ1) is 21.5. The van der Waals surface area contributed by atoms with Crippen LogP contribution in [0.2, 0.25) is 0 Å². The van der Waals surface area contributed by atoms with Crippen molar-refractivity contribution in [1.82, 2.24) is 14.4 Å². The zero-order valence-electron chi connectivity index (χ0n) is 20.0. The molecule has 0 radical (unpaired) electrons. The zero-order valence-corrected chi connectivity index (χ0v) is 20.0. The van der Waals surface area contributed by atoms with Crippen molar-refractivity contribution in [3.63, 3.8) is 0 Å². The molecule has 0 saturated carbocycles. The van der Waals surface area contributed by atoms with Crippen molar-refractivity contribution in [2.45, 2.75) is 5.60 Å². The maximum atomic E-state index is 12.2. The van der Waals surface area contributed by atoms with Crippen molar-refractivity contribution in [2.24, 2.45) is 0 Å². The molecule has 0 atom stereocenters. The zero-order chi connectivity index (χ0) is 24.8. The number of para-hydroxylation sites is 1. The molecule has 0 bridgehead atoms. The van der Waals surface area contributed by atoms with E-state index in [2.05, 4.69) is 10.5 Å². The number of aliphatic hydroxyl groups is 1. The van der Waals surface area contributed by atoms with E-state index in [0.717, 1.165) is 55.5 Å². The summed E-state index contributed by atoms with van der Waals surface area (Å²) in [6, 6.07) is 41.9. The third-order valence-electron chi connectivity index (χ3n) is 7.10. The molecule has 0 fully saturated rings. The number of rotatable bonds is 4. The molecule has 0 amide bonds. The molecular formula is C33H23N3O. The van der Waals surface area contributed by atoms with Gasteiger partial charge in [0, 0.05) is 17.1 Å². The first-order valence-corrected chi connectivity index (χ1v) is 12.3. The van der Waals surface area contributed by atoms with Gasteiger partial charge >= 0.3 is 0 Å². The third kappa shape index (κ3) is 3.34. The third-order valence-corrected chi connectivity index (χ3v) is 7.10. The van der Waals surface area contributed by atoms with Gasteiger partial charge in [0.05, 0.1) is 16.7 Å². The highest BCUT2D eigenvalue weighted by Crippen LogP contribution is 2.38. The van der Waals surface area contributed by atoms with Crippen LogP contribution in [0.25, 0.3) is 38.8 Å². The van der Waals surface area contributed by atoms with Crippen LogP contribution in [0, 0.1) is 0 Å². The highest BCUT2D eigenvalue weighted by atomic mass is 16.3. The minimum absolute atomic E-state index is 0.795. The second-order valence-electron chi connectivity index (χ2n) is 9.24. The number of hydrogen-bond acceptors (Lipinski definition) is 3. The minimum atomic E-state index is -1.28. The van der Waals surface area contributed by atoms with Gasteiger partial charge in [-0.3, -0.25) is 4.40 Å². The second kappa shape index (κ2) is 8.40. The number of benzene rings is 4. The average Bonchev–Trinajstić information content (AvgIpc) is 3.37. The number of pyridine rings is 2. The molecule has 0 aliphatic heterocycles. The molecule has 37 heavy (non-hydrogen) atoms. The lowest BCUT2D eigenvalue weighted by Gasteiger charge is -2.30. The Morgan fingerprint density at radius 1 is 0.568 bits per heavy atom. The predicted octanol–water partition coefficient (Wildman–Crippen LogP) is 6.99. The molecule has 7 rings (SSSR count). The highest BCUT2D eigenvalue weighted by molar-refractivity contribution is 6.08. The molecule has 4 heteroatoms. The van der Waals surface area contributed by atoms with E-state index in [1.807, 2.05) is 128 Å². The number of aromatic nitrogens is 3. The maximum Gasteiger partial charge on any atom is 0.140 e. The lowest BCUT2D eigenvalue weighted by molar-refractivity contribution is 0.125. The Kier molecular flexibility index (Phi) is 4.88. The molecular weight excluding hydrogens is 454 g/mol. The summed E-state index contributed by atoms with van der Waals surface area (Å²) < 4.78 is 2.10. The van der Waals surface area contributed by atoms with Gasteiger partial charge in [0.1, 0.15) is 16.8 Å². The Balaban J connectivity index is 1.45. The van der Waals surface area contributed by atoms with Crippen LogP contribution < -0.4 is 0 Å². The molecule has 176 valence electrons. The summed E-state index contributed by atoms with van der Waals surface area (Å²) in [5.41, 5.74) is 6.68. The lowest BCUT2D eigenvalue weighted by Crippen LogP contribution is -2.28. The van der Waals surface area contributed by atoms with Gasteiger partial charge in [-0.15, -0.1) is 0 Å². The van der Waals surface area contributed by atoms with Crippen molar-refractivity contribution in [2.75, 3.05) is 0 Å². The molecule has 0 aliphatic rings. The van der Waals surface area contributed by atoms with Crippen LogP contribution in [0.4, 0.5) is 0 Å². The van der Waals surface area contributed by atoms with Gasteiger partial charge < -0.3 is 5.11 Å². The van der Waals surface area contributed by atoms with Gasteiger partial charge in [-0.1, -0.05) is 109 Å². The standard InChI is InChI=1S/C33H23N3O/c37-33(24-11-3-1-4-12-24,25-13-5-2-6-14-25)26-20-18-23(19-21-26)30-32-31(27-15-7-8-16-28(27)34-30)35-29-17-9-10-22-36(29)32/h1-22,37H. The van der Waals surface area contributed by atoms with Gasteiger partial charge in [-0.05, 0) is 34.9 Å². The second-order valence-corrected chi connectivity index (χ2v) is 9.24. The van der Waals surface area contributed by atoms with Crippen LogP contribution in [0.15, 0.2) is 134 Å². The molecule has 4 aromatic carbocycles. The molecule has 3 heterocycles. The van der Waals surface area contributed by atoms with Crippen molar-refractivity contribution in [3.8, 4) is 11.3 Å². The predicted molar refractivity (Wildman–Crippen MR) is 148 cm³/mol. The number of nitrogens with zero attached hydrogens (tertiary/aromatic N) is 3. The normalized spacial score (nSPS) is 11.9. The van der Waals surface area contributed by atoms with E-state index in [4.69, 9.17) is 9.97 Å². The van der Waals surface area contributed by atoms with E-state index in [9.17, 15) is 5.11 Å². The Morgan fingerprint density at radius 3 is 1.86 bits per heavy atom. The van der Waals surface area contributed by atoms with Gasteiger partial charge in [-0.25, -0.2) is 9.97 Å². The van der Waals surface area contributed by atoms with E-state index in [1.54, 1.807) is 0 Å². The maximum absolute atomic E-state index is 12.2. The van der Waals surface area contributed by atoms with Crippen molar-refractivity contribution < 1.29 is 5.11 Å². The van der Waals surface area contributed by atoms with Gasteiger partial charge in [-0.2, -0.15) is 0 Å². The Labute approximate surface area is 214 Å². The number of fused-ring (bicyclic) bond motifs is 5. The van der Waals surface area contributed by atoms with Crippen molar-refractivity contribution >= 4 is 27.6 Å². The largest absolute Gasteiger partial charge is 0.376 e. The van der Waals surface area contributed by atoms with Crippen LogP contribution in [-0.4, -0.2) is 19.5 Å². The summed E-state index contributed by atoms with van der Waals surface area (Å²) in [6.07, 6.45) is 2.03. The van der Waals surface area contributed by atoms with Crippen LogP contribution in [-0.2, 0) is 5.60 Å². The number of imidazole rings is 1. The van der Waals surface area contributed by atoms with Crippen LogP contribution in [0.1, 0.15) is 16.7 Å². The van der Waals surface area contributed by atoms with Gasteiger partial charge in [0.25, 0.3) is 0 Å². The fourth-order valence-electron chi connectivity index (χ4n) is 5.28. The first-order chi connectivity index (χ1) is 18.2. The smallest absolute Gasteiger partial charge is 0.140 e. The fraction of sp³-hybridized carbons (Fsp3) is 0.0303. The summed E-state index contributed by atoms with van der Waals surface area (Å²) >= 11 is 0. The Hall–Kier alpha value is -4.80. The average molecular weight is 478 g/mol. The van der Waals surface area contributed by atoms with E-state index in [1.165, 1.54) is 0 Å². The van der Waals surface area contributed by atoms with Gasteiger partial charge in [0.15, 0.2) is 0 Å². The topological polar surface area (TPSA) is 50.4 Å². The van der Waals surface area contributed by atoms with Crippen molar-refractivity contribution in [3.05, 3.63) is 150 Å². The summed E-state index contributed by atoms with van der Waals surface area (Å²) in [6.45, 7) is 0.